The average Bonchev–Trinajstić information content (AvgIpc) is 3.14. The number of nitrogens with one attached hydrogen (secondary N) is 2. The van der Waals surface area contributed by atoms with E-state index in [9.17, 15) is 0 Å². The molecule has 3 rings (SSSR count). The molecule has 0 aliphatic carbocycles. The molecule has 27 heavy (non-hydrogen) atoms. The van der Waals surface area contributed by atoms with Crippen LogP contribution >= 0.6 is 0 Å². The SMILES string of the molecule is CN=C(NCCCCN1CCCC(C)C1)NCCc1ccc2c(c1)OCO2. The van der Waals surface area contributed by atoms with Gasteiger partial charge in [-0.15, -0.1) is 0 Å². The van der Waals surface area contributed by atoms with E-state index in [-0.39, 0.29) is 0 Å². The smallest absolute Gasteiger partial charge is 0.231 e. The van der Waals surface area contributed by atoms with Crippen LogP contribution in [0.5, 0.6) is 11.5 Å². The Bertz CT molecular complexity index is 620. The monoisotopic (exact) mass is 374 g/mol. The van der Waals surface area contributed by atoms with Crippen molar-refractivity contribution < 1.29 is 9.47 Å². The van der Waals surface area contributed by atoms with E-state index in [0.717, 1.165) is 42.9 Å². The van der Waals surface area contributed by atoms with Gasteiger partial charge < -0.3 is 25.0 Å². The van der Waals surface area contributed by atoms with Crippen LogP contribution in [-0.2, 0) is 6.42 Å². The first kappa shape index (κ1) is 19.8. The second-order valence-electron chi connectivity index (χ2n) is 7.62. The van der Waals surface area contributed by atoms with E-state index in [1.807, 2.05) is 13.1 Å². The lowest BCUT2D eigenvalue weighted by Gasteiger charge is -2.30. The molecule has 0 saturated carbocycles. The summed E-state index contributed by atoms with van der Waals surface area (Å²) in [6.45, 7) is 8.27. The lowest BCUT2D eigenvalue weighted by molar-refractivity contribution is 0.174. The van der Waals surface area contributed by atoms with Gasteiger partial charge in [-0.1, -0.05) is 13.0 Å². The van der Waals surface area contributed by atoms with Crippen LogP contribution in [0.1, 0.15) is 38.2 Å². The number of nitrogens with zero attached hydrogens (tertiary/aromatic N) is 2. The van der Waals surface area contributed by atoms with Crippen LogP contribution in [0.2, 0.25) is 0 Å². The molecule has 2 aliphatic rings. The summed E-state index contributed by atoms with van der Waals surface area (Å²) in [4.78, 5) is 6.93. The fraction of sp³-hybridized carbons (Fsp3) is 0.667. The Morgan fingerprint density at radius 3 is 2.89 bits per heavy atom. The zero-order valence-electron chi connectivity index (χ0n) is 16.8. The van der Waals surface area contributed by atoms with Crippen molar-refractivity contribution in [2.75, 3.05) is 46.6 Å². The van der Waals surface area contributed by atoms with Crippen molar-refractivity contribution in [3.05, 3.63) is 23.8 Å². The molecule has 0 spiro atoms. The van der Waals surface area contributed by atoms with Gasteiger partial charge in [0.1, 0.15) is 0 Å². The molecule has 2 aliphatic heterocycles. The maximum Gasteiger partial charge on any atom is 0.231 e. The Balaban J connectivity index is 1.27. The van der Waals surface area contributed by atoms with Gasteiger partial charge in [0.05, 0.1) is 0 Å². The number of rotatable bonds is 8. The maximum absolute atomic E-state index is 5.43. The molecule has 0 radical (unpaired) electrons. The molecule has 6 nitrogen and oxygen atoms in total. The topological polar surface area (TPSA) is 58.1 Å². The summed E-state index contributed by atoms with van der Waals surface area (Å²) in [5, 5.41) is 6.81. The van der Waals surface area contributed by atoms with Crippen molar-refractivity contribution in [3.8, 4) is 11.5 Å². The highest BCUT2D eigenvalue weighted by atomic mass is 16.7. The van der Waals surface area contributed by atoms with Gasteiger partial charge >= 0.3 is 0 Å². The highest BCUT2D eigenvalue weighted by molar-refractivity contribution is 5.79. The minimum absolute atomic E-state index is 0.324. The molecular formula is C21H34N4O2. The molecule has 0 bridgehead atoms. The Morgan fingerprint density at radius 1 is 1.19 bits per heavy atom. The number of piperidine rings is 1. The summed E-state index contributed by atoms with van der Waals surface area (Å²) in [5.74, 6) is 3.42. The molecule has 1 aromatic rings. The summed E-state index contributed by atoms with van der Waals surface area (Å²) in [5.41, 5.74) is 1.23. The van der Waals surface area contributed by atoms with E-state index in [1.54, 1.807) is 0 Å². The van der Waals surface area contributed by atoms with Crippen LogP contribution in [0.3, 0.4) is 0 Å². The zero-order valence-corrected chi connectivity index (χ0v) is 16.8. The third kappa shape index (κ3) is 6.31. The third-order valence-corrected chi connectivity index (χ3v) is 5.30. The Hall–Kier alpha value is -1.95. The van der Waals surface area contributed by atoms with Gasteiger partial charge in [0, 0.05) is 26.7 Å². The Labute approximate surface area is 163 Å². The summed E-state index contributed by atoms with van der Waals surface area (Å²) in [6.07, 6.45) is 6.10. The van der Waals surface area contributed by atoms with E-state index < -0.39 is 0 Å². The van der Waals surface area contributed by atoms with Crippen molar-refractivity contribution in [2.45, 2.75) is 39.0 Å². The van der Waals surface area contributed by atoms with E-state index in [1.165, 1.54) is 50.9 Å². The normalized spacial score (nSPS) is 19.9. The minimum Gasteiger partial charge on any atom is -0.454 e. The number of likely N-dealkylation sites (tertiary alicyclic amines) is 1. The van der Waals surface area contributed by atoms with Crippen LogP contribution in [0, 0.1) is 5.92 Å². The molecule has 150 valence electrons. The number of hydrogen-bond acceptors (Lipinski definition) is 4. The van der Waals surface area contributed by atoms with Gasteiger partial charge in [-0.2, -0.15) is 0 Å². The van der Waals surface area contributed by atoms with Gasteiger partial charge in [0.25, 0.3) is 0 Å². The van der Waals surface area contributed by atoms with E-state index in [2.05, 4.69) is 39.6 Å². The van der Waals surface area contributed by atoms with Crippen LogP contribution < -0.4 is 20.1 Å². The second-order valence-corrected chi connectivity index (χ2v) is 7.62. The number of benzene rings is 1. The number of aliphatic imine (C=N–C) groups is 1. The van der Waals surface area contributed by atoms with Crippen LogP contribution in [0.15, 0.2) is 23.2 Å². The fourth-order valence-corrected chi connectivity index (χ4v) is 3.80. The highest BCUT2D eigenvalue weighted by Crippen LogP contribution is 2.32. The summed E-state index contributed by atoms with van der Waals surface area (Å²) in [7, 11) is 1.82. The first-order valence-electron chi connectivity index (χ1n) is 10.3. The Kier molecular flexibility index (Phi) is 7.63. The first-order valence-corrected chi connectivity index (χ1v) is 10.3. The van der Waals surface area contributed by atoms with Crippen LogP contribution in [0.4, 0.5) is 0 Å². The summed E-state index contributed by atoms with van der Waals surface area (Å²) in [6, 6.07) is 6.13. The van der Waals surface area contributed by atoms with Crippen molar-refractivity contribution in [2.24, 2.45) is 10.9 Å². The van der Waals surface area contributed by atoms with Gasteiger partial charge in [-0.25, -0.2) is 0 Å². The Morgan fingerprint density at radius 2 is 2.04 bits per heavy atom. The molecule has 1 aromatic carbocycles. The van der Waals surface area contributed by atoms with E-state index in [0.29, 0.717) is 6.79 Å². The van der Waals surface area contributed by atoms with Gasteiger partial charge in [0.2, 0.25) is 6.79 Å². The van der Waals surface area contributed by atoms with Crippen molar-refractivity contribution in [1.82, 2.24) is 15.5 Å². The number of unbranched alkanes of at least 4 members (excludes halogenated alkanes) is 1. The lowest BCUT2D eigenvalue weighted by Crippen LogP contribution is -2.39. The molecule has 1 saturated heterocycles. The molecule has 0 aromatic heterocycles. The van der Waals surface area contributed by atoms with E-state index >= 15 is 0 Å². The first-order chi connectivity index (χ1) is 13.2. The molecular weight excluding hydrogens is 340 g/mol. The average molecular weight is 375 g/mol. The number of hydrogen-bond donors (Lipinski definition) is 2. The van der Waals surface area contributed by atoms with E-state index in [4.69, 9.17) is 9.47 Å². The maximum atomic E-state index is 5.43. The quantitative estimate of drug-likeness (QED) is 0.416. The summed E-state index contributed by atoms with van der Waals surface area (Å²) < 4.78 is 10.8. The number of guanidine groups is 1. The van der Waals surface area contributed by atoms with Gasteiger partial charge in [-0.05, 0) is 68.8 Å². The summed E-state index contributed by atoms with van der Waals surface area (Å²) >= 11 is 0. The zero-order chi connectivity index (χ0) is 18.9. The van der Waals surface area contributed by atoms with Crippen molar-refractivity contribution in [3.63, 3.8) is 0 Å². The predicted molar refractivity (Wildman–Crippen MR) is 110 cm³/mol. The number of ether oxygens (including phenoxy) is 2. The van der Waals surface area contributed by atoms with Gasteiger partial charge in [-0.3, -0.25) is 4.99 Å². The molecule has 1 fully saturated rings. The largest absolute Gasteiger partial charge is 0.454 e. The number of fused-ring (bicyclic) bond motifs is 1. The van der Waals surface area contributed by atoms with Crippen molar-refractivity contribution >= 4 is 5.96 Å². The second kappa shape index (κ2) is 10.4. The molecule has 2 N–H and O–H groups in total. The standard InChI is InChI=1S/C21H34N4O2/c1-17-6-5-13-25(15-17)12-4-3-10-23-21(22-2)24-11-9-18-7-8-19-20(14-18)27-16-26-19/h7-8,14,17H,3-6,9-13,15-16H2,1-2H3,(H2,22,23,24). The lowest BCUT2D eigenvalue weighted by atomic mass is 10.0. The third-order valence-electron chi connectivity index (χ3n) is 5.30. The predicted octanol–water partition coefficient (Wildman–Crippen LogP) is 2.63. The van der Waals surface area contributed by atoms with Crippen LogP contribution in [0.25, 0.3) is 0 Å². The molecule has 0 amide bonds. The van der Waals surface area contributed by atoms with Crippen LogP contribution in [-0.4, -0.2) is 57.4 Å². The molecule has 6 heteroatoms. The molecule has 2 heterocycles. The highest BCUT2D eigenvalue weighted by Gasteiger charge is 2.15. The molecule has 1 atom stereocenters. The van der Waals surface area contributed by atoms with Crippen molar-refractivity contribution in [1.29, 1.82) is 0 Å². The minimum atomic E-state index is 0.324. The fourth-order valence-electron chi connectivity index (χ4n) is 3.80. The molecule has 1 unspecified atom stereocenters. The van der Waals surface area contributed by atoms with Gasteiger partial charge in [0.15, 0.2) is 17.5 Å².